The van der Waals surface area contributed by atoms with Gasteiger partial charge in [0.25, 0.3) is 0 Å². The average Bonchev–Trinajstić information content (AvgIpc) is 2.78. The molecular weight excluding hydrogens is 388 g/mol. The summed E-state index contributed by atoms with van der Waals surface area (Å²) in [6.07, 6.45) is 7.44. The molecule has 0 radical (unpaired) electrons. The standard InChI is InChI=1S/C25H36N4O2/c1-27(22-5-3-2-4-6-22)8-7-26-24(31)29-11-9-28(10-12-29)23(30)25-16-19-13-20(17-25)15-21(14-19)18-25/h2-6,19-21H,7-18H2,1H3,(H,26,31). The van der Waals surface area contributed by atoms with Crippen LogP contribution >= 0.6 is 0 Å². The fourth-order valence-electron chi connectivity index (χ4n) is 7.07. The van der Waals surface area contributed by atoms with Crippen LogP contribution in [-0.2, 0) is 4.79 Å². The van der Waals surface area contributed by atoms with Crippen LogP contribution in [0.3, 0.4) is 0 Å². The number of rotatable bonds is 5. The quantitative estimate of drug-likeness (QED) is 0.790. The number of anilines is 1. The predicted molar refractivity (Wildman–Crippen MR) is 122 cm³/mol. The molecule has 1 aromatic carbocycles. The zero-order valence-electron chi connectivity index (χ0n) is 18.8. The molecule has 6 nitrogen and oxygen atoms in total. The Labute approximate surface area is 185 Å². The molecule has 0 atom stereocenters. The van der Waals surface area contributed by atoms with Crippen LogP contribution in [0, 0.1) is 23.2 Å². The number of hydrogen-bond acceptors (Lipinski definition) is 3. The zero-order chi connectivity index (χ0) is 21.4. The number of carbonyl (C=O) groups excluding carboxylic acids is 2. The first-order chi connectivity index (χ1) is 15.0. The maximum Gasteiger partial charge on any atom is 0.317 e. The van der Waals surface area contributed by atoms with Crippen molar-refractivity contribution < 1.29 is 9.59 Å². The first kappa shape index (κ1) is 20.7. The fraction of sp³-hybridized carbons (Fsp3) is 0.680. The third kappa shape index (κ3) is 4.13. The van der Waals surface area contributed by atoms with Gasteiger partial charge in [0.2, 0.25) is 5.91 Å². The first-order valence-electron chi connectivity index (χ1n) is 12.1. The SMILES string of the molecule is CN(CCNC(=O)N1CCN(C(=O)C23CC4CC(CC(C4)C2)C3)CC1)c1ccccc1. The summed E-state index contributed by atoms with van der Waals surface area (Å²) in [5.41, 5.74) is 1.08. The van der Waals surface area contributed by atoms with Gasteiger partial charge in [0.05, 0.1) is 5.41 Å². The minimum atomic E-state index is -0.0683. The number of carbonyl (C=O) groups is 2. The largest absolute Gasteiger partial charge is 0.373 e. The van der Waals surface area contributed by atoms with Gasteiger partial charge in [-0.2, -0.15) is 0 Å². The third-order valence-corrected chi connectivity index (χ3v) is 8.27. The molecule has 1 aromatic rings. The number of benzene rings is 1. The van der Waals surface area contributed by atoms with Gasteiger partial charge in [-0.25, -0.2) is 4.79 Å². The van der Waals surface area contributed by atoms with Gasteiger partial charge >= 0.3 is 6.03 Å². The van der Waals surface area contributed by atoms with Crippen molar-refractivity contribution in [2.75, 3.05) is 51.2 Å². The highest BCUT2D eigenvalue weighted by atomic mass is 16.2. The average molecular weight is 425 g/mol. The second-order valence-corrected chi connectivity index (χ2v) is 10.5. The van der Waals surface area contributed by atoms with Crippen molar-refractivity contribution in [2.24, 2.45) is 23.2 Å². The van der Waals surface area contributed by atoms with E-state index in [0.717, 1.165) is 49.2 Å². The molecule has 0 spiro atoms. The molecule has 168 valence electrons. The second kappa shape index (κ2) is 8.36. The molecule has 4 aliphatic carbocycles. The highest BCUT2D eigenvalue weighted by Crippen LogP contribution is 2.60. The van der Waals surface area contributed by atoms with Gasteiger partial charge in [-0.1, -0.05) is 18.2 Å². The Morgan fingerprint density at radius 2 is 1.48 bits per heavy atom. The summed E-state index contributed by atoms with van der Waals surface area (Å²) in [5, 5.41) is 3.05. The first-order valence-corrected chi connectivity index (χ1v) is 12.1. The van der Waals surface area contributed by atoms with Crippen LogP contribution in [0.25, 0.3) is 0 Å². The lowest BCUT2D eigenvalue weighted by molar-refractivity contribution is -0.159. The summed E-state index contributed by atoms with van der Waals surface area (Å²) in [6.45, 7) is 4.00. The molecule has 31 heavy (non-hydrogen) atoms. The summed E-state index contributed by atoms with van der Waals surface area (Å²) >= 11 is 0. The van der Waals surface area contributed by atoms with Crippen LogP contribution in [0.15, 0.2) is 30.3 Å². The van der Waals surface area contributed by atoms with Crippen molar-refractivity contribution >= 4 is 17.6 Å². The van der Waals surface area contributed by atoms with E-state index < -0.39 is 0 Å². The van der Waals surface area contributed by atoms with Gasteiger partial charge in [0.1, 0.15) is 0 Å². The topological polar surface area (TPSA) is 55.9 Å². The van der Waals surface area contributed by atoms with Crippen LogP contribution < -0.4 is 10.2 Å². The number of nitrogens with zero attached hydrogens (tertiary/aromatic N) is 3. The Bertz CT molecular complexity index is 768. The molecular formula is C25H36N4O2. The molecule has 1 saturated heterocycles. The van der Waals surface area contributed by atoms with Crippen molar-refractivity contribution in [1.82, 2.24) is 15.1 Å². The molecule has 0 aromatic heterocycles. The van der Waals surface area contributed by atoms with Gasteiger partial charge in [-0.3, -0.25) is 4.79 Å². The molecule has 6 rings (SSSR count). The molecule has 4 saturated carbocycles. The van der Waals surface area contributed by atoms with E-state index in [4.69, 9.17) is 0 Å². The number of amides is 3. The third-order valence-electron chi connectivity index (χ3n) is 8.27. The molecule has 4 bridgehead atoms. The van der Waals surface area contributed by atoms with Gasteiger partial charge in [0.15, 0.2) is 0 Å². The minimum absolute atomic E-state index is 0.0108. The molecule has 6 heteroatoms. The summed E-state index contributed by atoms with van der Waals surface area (Å²) in [4.78, 5) is 32.2. The maximum atomic E-state index is 13.5. The second-order valence-electron chi connectivity index (χ2n) is 10.5. The van der Waals surface area contributed by atoms with E-state index in [1.54, 1.807) is 0 Å². The van der Waals surface area contributed by atoms with Crippen LogP contribution in [0.2, 0.25) is 0 Å². The number of piperazine rings is 1. The van der Waals surface area contributed by atoms with E-state index in [0.29, 0.717) is 38.6 Å². The Kier molecular flexibility index (Phi) is 5.57. The van der Waals surface area contributed by atoms with Crippen molar-refractivity contribution in [1.29, 1.82) is 0 Å². The lowest BCUT2D eigenvalue weighted by Crippen LogP contribution is -2.59. The minimum Gasteiger partial charge on any atom is -0.373 e. The molecule has 1 aliphatic heterocycles. The van der Waals surface area contributed by atoms with Crippen LogP contribution in [-0.4, -0.2) is 68.1 Å². The molecule has 3 amide bonds. The fourth-order valence-corrected chi connectivity index (χ4v) is 7.07. The predicted octanol–water partition coefficient (Wildman–Crippen LogP) is 3.19. The normalized spacial score (nSPS) is 31.6. The molecule has 5 fully saturated rings. The summed E-state index contributed by atoms with van der Waals surface area (Å²) in [7, 11) is 2.04. The summed E-state index contributed by atoms with van der Waals surface area (Å²) < 4.78 is 0. The summed E-state index contributed by atoms with van der Waals surface area (Å²) in [6, 6.07) is 10.2. The molecule has 5 aliphatic rings. The molecule has 1 N–H and O–H groups in total. The smallest absolute Gasteiger partial charge is 0.317 e. The lowest BCUT2D eigenvalue weighted by Gasteiger charge is -2.57. The number of urea groups is 1. The Morgan fingerprint density at radius 1 is 0.935 bits per heavy atom. The van der Waals surface area contributed by atoms with Crippen molar-refractivity contribution in [3.05, 3.63) is 30.3 Å². The molecule has 0 unspecified atom stereocenters. The maximum absolute atomic E-state index is 13.5. The van der Waals surface area contributed by atoms with E-state index in [2.05, 4.69) is 27.2 Å². The van der Waals surface area contributed by atoms with Gasteiger partial charge in [-0.15, -0.1) is 0 Å². The van der Waals surface area contributed by atoms with Gasteiger partial charge < -0.3 is 20.0 Å². The lowest BCUT2D eigenvalue weighted by atomic mass is 9.49. The van der Waals surface area contributed by atoms with E-state index in [9.17, 15) is 9.59 Å². The molecule has 1 heterocycles. The van der Waals surface area contributed by atoms with E-state index >= 15 is 0 Å². The number of hydrogen-bond donors (Lipinski definition) is 1. The van der Waals surface area contributed by atoms with Gasteiger partial charge in [0, 0.05) is 52.0 Å². The monoisotopic (exact) mass is 424 g/mol. The van der Waals surface area contributed by atoms with Crippen molar-refractivity contribution in [3.8, 4) is 0 Å². The highest BCUT2D eigenvalue weighted by molar-refractivity contribution is 5.84. The Hall–Kier alpha value is -2.24. The van der Waals surface area contributed by atoms with E-state index in [1.807, 2.05) is 30.1 Å². The number of nitrogens with one attached hydrogen (secondary N) is 1. The highest BCUT2D eigenvalue weighted by Gasteiger charge is 2.55. The summed E-state index contributed by atoms with van der Waals surface area (Å²) in [5.74, 6) is 2.76. The number of para-hydroxylation sites is 1. The van der Waals surface area contributed by atoms with E-state index in [1.165, 1.54) is 19.3 Å². The van der Waals surface area contributed by atoms with Crippen LogP contribution in [0.1, 0.15) is 38.5 Å². The number of likely N-dealkylation sites (N-methyl/N-ethyl adjacent to an activating group) is 1. The zero-order valence-corrected chi connectivity index (χ0v) is 18.8. The van der Waals surface area contributed by atoms with Crippen molar-refractivity contribution in [2.45, 2.75) is 38.5 Å². The van der Waals surface area contributed by atoms with Gasteiger partial charge in [-0.05, 0) is 68.4 Å². The van der Waals surface area contributed by atoms with Crippen LogP contribution in [0.4, 0.5) is 10.5 Å². The Balaban J connectivity index is 1.08. The Morgan fingerprint density at radius 3 is 2.06 bits per heavy atom. The van der Waals surface area contributed by atoms with E-state index in [-0.39, 0.29) is 11.4 Å². The van der Waals surface area contributed by atoms with Crippen molar-refractivity contribution in [3.63, 3.8) is 0 Å². The van der Waals surface area contributed by atoms with Crippen LogP contribution in [0.5, 0.6) is 0 Å².